The van der Waals surface area contributed by atoms with E-state index < -0.39 is 5.91 Å². The van der Waals surface area contributed by atoms with Crippen LogP contribution in [-0.2, 0) is 0 Å². The number of nitrogens with two attached hydrogens (primary N) is 2. The molecule has 0 saturated carbocycles. The second kappa shape index (κ2) is 6.13. The molecule has 0 radical (unpaired) electrons. The van der Waals surface area contributed by atoms with E-state index >= 15 is 0 Å². The first-order chi connectivity index (χ1) is 9.49. The molecule has 0 aromatic heterocycles. The van der Waals surface area contributed by atoms with Crippen LogP contribution in [-0.4, -0.2) is 44.5 Å². The van der Waals surface area contributed by atoms with Gasteiger partial charge in [-0.3, -0.25) is 4.79 Å². The third kappa shape index (κ3) is 3.22. The molecule has 2 rings (SSSR count). The molecule has 1 saturated heterocycles. The molecule has 1 aromatic carbocycles. The highest BCUT2D eigenvalue weighted by Gasteiger charge is 2.22. The number of amides is 1. The zero-order valence-electron chi connectivity index (χ0n) is 12.3. The van der Waals surface area contributed by atoms with Crippen LogP contribution in [0.4, 0.5) is 11.4 Å². The standard InChI is InChI=1S/C15H24N4O/c1-18(2)10-11-6-8-19(9-7-11)13-5-3-4-12(14(13)16)15(17)20/h3-5,11H,6-10,16H2,1-2H3,(H2,17,20). The second-order valence-corrected chi connectivity index (χ2v) is 5.80. The van der Waals surface area contributed by atoms with Gasteiger partial charge in [-0.05, 0) is 45.0 Å². The van der Waals surface area contributed by atoms with Crippen LogP contribution in [0.3, 0.4) is 0 Å². The van der Waals surface area contributed by atoms with Crippen molar-refractivity contribution in [2.45, 2.75) is 12.8 Å². The van der Waals surface area contributed by atoms with E-state index in [1.807, 2.05) is 12.1 Å². The smallest absolute Gasteiger partial charge is 0.250 e. The summed E-state index contributed by atoms with van der Waals surface area (Å²) in [5, 5.41) is 0. The van der Waals surface area contributed by atoms with E-state index in [1.54, 1.807) is 6.07 Å². The molecule has 110 valence electrons. The maximum atomic E-state index is 11.3. The van der Waals surface area contributed by atoms with Crippen LogP contribution in [0.25, 0.3) is 0 Å². The zero-order chi connectivity index (χ0) is 14.7. The summed E-state index contributed by atoms with van der Waals surface area (Å²) in [6.45, 7) is 3.08. The number of carbonyl (C=O) groups is 1. The van der Waals surface area contributed by atoms with E-state index in [-0.39, 0.29) is 0 Å². The van der Waals surface area contributed by atoms with Gasteiger partial charge in [0.05, 0.1) is 16.9 Å². The lowest BCUT2D eigenvalue weighted by Crippen LogP contribution is -2.37. The molecular formula is C15H24N4O. The lowest BCUT2D eigenvalue weighted by molar-refractivity contribution is 0.100. The van der Waals surface area contributed by atoms with Gasteiger partial charge in [0.25, 0.3) is 5.91 Å². The molecule has 0 unspecified atom stereocenters. The normalized spacial score (nSPS) is 16.6. The number of primary amides is 1. The third-order valence-corrected chi connectivity index (χ3v) is 3.93. The Hall–Kier alpha value is -1.75. The minimum absolute atomic E-state index is 0.415. The van der Waals surface area contributed by atoms with E-state index in [0.29, 0.717) is 11.3 Å². The van der Waals surface area contributed by atoms with Crippen LogP contribution in [0, 0.1) is 5.92 Å². The summed E-state index contributed by atoms with van der Waals surface area (Å²) in [6.07, 6.45) is 2.30. The Morgan fingerprint density at radius 2 is 2.00 bits per heavy atom. The molecule has 1 aliphatic heterocycles. The number of nitrogen functional groups attached to an aromatic ring is 1. The molecule has 0 spiro atoms. The van der Waals surface area contributed by atoms with Crippen molar-refractivity contribution in [2.24, 2.45) is 11.7 Å². The van der Waals surface area contributed by atoms with E-state index in [9.17, 15) is 4.79 Å². The number of piperidine rings is 1. The molecule has 5 heteroatoms. The van der Waals surface area contributed by atoms with Gasteiger partial charge in [-0.2, -0.15) is 0 Å². The molecule has 0 aliphatic carbocycles. The Labute approximate surface area is 120 Å². The fourth-order valence-electron chi connectivity index (χ4n) is 2.92. The van der Waals surface area contributed by atoms with Crippen LogP contribution < -0.4 is 16.4 Å². The van der Waals surface area contributed by atoms with Gasteiger partial charge in [-0.25, -0.2) is 0 Å². The SMILES string of the molecule is CN(C)CC1CCN(c2cccc(C(N)=O)c2N)CC1. The van der Waals surface area contributed by atoms with Crippen LogP contribution >= 0.6 is 0 Å². The molecule has 1 aromatic rings. The van der Waals surface area contributed by atoms with E-state index in [4.69, 9.17) is 11.5 Å². The average molecular weight is 276 g/mol. The van der Waals surface area contributed by atoms with Crippen molar-refractivity contribution >= 4 is 17.3 Å². The van der Waals surface area contributed by atoms with Crippen LogP contribution in [0.5, 0.6) is 0 Å². The summed E-state index contributed by atoms with van der Waals surface area (Å²) in [5.41, 5.74) is 13.3. The highest BCUT2D eigenvalue weighted by molar-refractivity contribution is 6.00. The lowest BCUT2D eigenvalue weighted by Gasteiger charge is -2.35. The summed E-state index contributed by atoms with van der Waals surface area (Å²) in [5.74, 6) is 0.272. The molecule has 0 atom stereocenters. The van der Waals surface area contributed by atoms with Crippen molar-refractivity contribution in [2.75, 3.05) is 44.4 Å². The van der Waals surface area contributed by atoms with Crippen molar-refractivity contribution in [3.63, 3.8) is 0 Å². The van der Waals surface area contributed by atoms with Gasteiger partial charge in [0.15, 0.2) is 0 Å². The molecule has 1 heterocycles. The first-order valence-corrected chi connectivity index (χ1v) is 7.07. The Morgan fingerprint density at radius 3 is 2.55 bits per heavy atom. The molecule has 1 fully saturated rings. The van der Waals surface area contributed by atoms with Gasteiger partial charge in [0, 0.05) is 19.6 Å². The Bertz CT molecular complexity index is 479. The fraction of sp³-hybridized carbons (Fsp3) is 0.533. The van der Waals surface area contributed by atoms with E-state index in [2.05, 4.69) is 23.9 Å². The van der Waals surface area contributed by atoms with Crippen molar-refractivity contribution in [3.05, 3.63) is 23.8 Å². The van der Waals surface area contributed by atoms with Crippen molar-refractivity contribution in [1.29, 1.82) is 0 Å². The van der Waals surface area contributed by atoms with Crippen LogP contribution in [0.2, 0.25) is 0 Å². The summed E-state index contributed by atoms with van der Waals surface area (Å²) in [7, 11) is 4.22. The number of para-hydroxylation sites is 1. The fourth-order valence-corrected chi connectivity index (χ4v) is 2.92. The highest BCUT2D eigenvalue weighted by Crippen LogP contribution is 2.30. The van der Waals surface area contributed by atoms with Crippen molar-refractivity contribution < 1.29 is 4.79 Å². The largest absolute Gasteiger partial charge is 0.396 e. The number of anilines is 2. The molecule has 20 heavy (non-hydrogen) atoms. The molecule has 4 N–H and O–H groups in total. The minimum Gasteiger partial charge on any atom is -0.396 e. The van der Waals surface area contributed by atoms with Gasteiger partial charge in [-0.15, -0.1) is 0 Å². The number of rotatable bonds is 4. The Balaban J connectivity index is 2.07. The average Bonchev–Trinajstić information content (AvgIpc) is 2.39. The van der Waals surface area contributed by atoms with Gasteiger partial charge in [0.2, 0.25) is 0 Å². The maximum Gasteiger partial charge on any atom is 0.250 e. The molecule has 0 bridgehead atoms. The highest BCUT2D eigenvalue weighted by atomic mass is 16.1. The number of hydrogen-bond acceptors (Lipinski definition) is 4. The first kappa shape index (κ1) is 14.7. The van der Waals surface area contributed by atoms with Crippen LogP contribution in [0.1, 0.15) is 23.2 Å². The van der Waals surface area contributed by atoms with Gasteiger partial charge in [-0.1, -0.05) is 6.07 Å². The summed E-state index contributed by atoms with van der Waals surface area (Å²) in [6, 6.07) is 5.49. The topological polar surface area (TPSA) is 75.6 Å². The van der Waals surface area contributed by atoms with E-state index in [0.717, 1.165) is 44.1 Å². The monoisotopic (exact) mass is 276 g/mol. The number of carbonyl (C=O) groups excluding carboxylic acids is 1. The van der Waals surface area contributed by atoms with Gasteiger partial charge >= 0.3 is 0 Å². The van der Waals surface area contributed by atoms with Crippen molar-refractivity contribution in [3.8, 4) is 0 Å². The molecule has 1 aliphatic rings. The Kier molecular flexibility index (Phi) is 4.49. The molecule has 5 nitrogen and oxygen atoms in total. The summed E-state index contributed by atoms with van der Waals surface area (Å²) in [4.78, 5) is 15.8. The van der Waals surface area contributed by atoms with E-state index in [1.165, 1.54) is 0 Å². The number of benzene rings is 1. The quantitative estimate of drug-likeness (QED) is 0.809. The molecular weight excluding hydrogens is 252 g/mol. The lowest BCUT2D eigenvalue weighted by atomic mass is 9.95. The predicted octanol–water partition coefficient (Wildman–Crippen LogP) is 1.15. The maximum absolute atomic E-state index is 11.3. The van der Waals surface area contributed by atoms with Gasteiger partial charge in [0.1, 0.15) is 0 Å². The number of nitrogens with zero attached hydrogens (tertiary/aromatic N) is 2. The van der Waals surface area contributed by atoms with Gasteiger partial charge < -0.3 is 21.3 Å². The second-order valence-electron chi connectivity index (χ2n) is 5.80. The molecule has 1 amide bonds. The Morgan fingerprint density at radius 1 is 1.35 bits per heavy atom. The number of hydrogen-bond donors (Lipinski definition) is 2. The predicted molar refractivity (Wildman–Crippen MR) is 82.9 cm³/mol. The third-order valence-electron chi connectivity index (χ3n) is 3.93. The zero-order valence-corrected chi connectivity index (χ0v) is 12.3. The minimum atomic E-state index is -0.466. The van der Waals surface area contributed by atoms with Crippen molar-refractivity contribution in [1.82, 2.24) is 4.90 Å². The summed E-state index contributed by atoms with van der Waals surface area (Å²) < 4.78 is 0. The first-order valence-electron chi connectivity index (χ1n) is 7.07. The van der Waals surface area contributed by atoms with Crippen LogP contribution in [0.15, 0.2) is 18.2 Å². The summed E-state index contributed by atoms with van der Waals surface area (Å²) >= 11 is 0.